The third-order valence-corrected chi connectivity index (χ3v) is 3.75. The molecule has 21 heavy (non-hydrogen) atoms. The van der Waals surface area contributed by atoms with E-state index in [9.17, 15) is 14.4 Å². The lowest BCUT2D eigenvalue weighted by Gasteiger charge is -2.34. The van der Waals surface area contributed by atoms with E-state index in [0.717, 1.165) is 0 Å². The molecule has 1 aromatic heterocycles. The molecule has 0 aliphatic carbocycles. The number of aryl methyl sites for hydroxylation is 2. The molecule has 0 spiro atoms. The molecule has 7 nitrogen and oxygen atoms in total. The van der Waals surface area contributed by atoms with Crippen molar-refractivity contribution in [2.75, 3.05) is 26.2 Å². The molecule has 114 valence electrons. The second-order valence-corrected chi connectivity index (χ2v) is 5.28. The normalized spacial score (nSPS) is 15.2. The minimum Gasteiger partial charge on any atom is -0.339 e. The molecular formula is C14H20N4O3. The number of carbonyl (C=O) groups excluding carboxylic acids is 2. The van der Waals surface area contributed by atoms with Gasteiger partial charge in [0.2, 0.25) is 11.8 Å². The number of amides is 2. The molecule has 0 atom stereocenters. The number of piperazine rings is 1. The summed E-state index contributed by atoms with van der Waals surface area (Å²) in [4.78, 5) is 45.7. The lowest BCUT2D eigenvalue weighted by atomic mass is 10.1. The lowest BCUT2D eigenvalue weighted by Crippen LogP contribution is -2.50. The summed E-state index contributed by atoms with van der Waals surface area (Å²) in [6.45, 7) is 7.08. The van der Waals surface area contributed by atoms with Crippen LogP contribution in [0, 0.1) is 13.8 Å². The number of nitrogens with one attached hydrogen (secondary N) is 1. The molecule has 0 saturated carbocycles. The summed E-state index contributed by atoms with van der Waals surface area (Å²) in [7, 11) is 0. The van der Waals surface area contributed by atoms with Crippen molar-refractivity contribution in [3.05, 3.63) is 27.4 Å². The SMILES string of the molecule is CC(=O)N1CCN(C(=O)Cc2c(C)nc(C)[nH]c2=O)CC1. The molecule has 0 unspecified atom stereocenters. The Labute approximate surface area is 123 Å². The van der Waals surface area contributed by atoms with Crippen molar-refractivity contribution in [1.29, 1.82) is 0 Å². The van der Waals surface area contributed by atoms with E-state index in [2.05, 4.69) is 9.97 Å². The third kappa shape index (κ3) is 3.48. The summed E-state index contributed by atoms with van der Waals surface area (Å²) in [5.74, 6) is 0.471. The summed E-state index contributed by atoms with van der Waals surface area (Å²) >= 11 is 0. The minimum absolute atomic E-state index is 0.0251. The smallest absolute Gasteiger partial charge is 0.254 e. The van der Waals surface area contributed by atoms with Crippen molar-refractivity contribution in [3.63, 3.8) is 0 Å². The Bertz CT molecular complexity index is 615. The van der Waals surface area contributed by atoms with E-state index in [4.69, 9.17) is 0 Å². The Hall–Kier alpha value is -2.18. The predicted molar refractivity (Wildman–Crippen MR) is 76.9 cm³/mol. The number of aromatic nitrogens is 2. The van der Waals surface area contributed by atoms with E-state index in [-0.39, 0.29) is 23.8 Å². The van der Waals surface area contributed by atoms with Gasteiger partial charge in [-0.2, -0.15) is 0 Å². The maximum Gasteiger partial charge on any atom is 0.254 e. The number of nitrogens with zero attached hydrogens (tertiary/aromatic N) is 3. The molecule has 2 heterocycles. The molecule has 1 aliphatic rings. The van der Waals surface area contributed by atoms with Gasteiger partial charge in [-0.15, -0.1) is 0 Å². The van der Waals surface area contributed by atoms with Crippen LogP contribution in [-0.4, -0.2) is 57.8 Å². The molecule has 0 radical (unpaired) electrons. The highest BCUT2D eigenvalue weighted by Crippen LogP contribution is 2.07. The van der Waals surface area contributed by atoms with Crippen molar-refractivity contribution in [3.8, 4) is 0 Å². The summed E-state index contributed by atoms with van der Waals surface area (Å²) < 4.78 is 0. The van der Waals surface area contributed by atoms with Crippen LogP contribution in [0.3, 0.4) is 0 Å². The van der Waals surface area contributed by atoms with Crippen molar-refractivity contribution in [2.24, 2.45) is 0 Å². The Balaban J connectivity index is 2.03. The molecule has 1 fully saturated rings. The van der Waals surface area contributed by atoms with Gasteiger partial charge in [-0.05, 0) is 13.8 Å². The van der Waals surface area contributed by atoms with Gasteiger partial charge in [0, 0.05) is 44.4 Å². The number of carbonyl (C=O) groups is 2. The first-order chi connectivity index (χ1) is 9.88. The fourth-order valence-corrected chi connectivity index (χ4v) is 2.49. The van der Waals surface area contributed by atoms with Crippen LogP contribution in [0.2, 0.25) is 0 Å². The highest BCUT2D eigenvalue weighted by atomic mass is 16.2. The highest BCUT2D eigenvalue weighted by molar-refractivity contribution is 5.79. The first kappa shape index (κ1) is 15.2. The van der Waals surface area contributed by atoms with Gasteiger partial charge in [0.05, 0.1) is 6.42 Å². The fraction of sp³-hybridized carbons (Fsp3) is 0.571. The fourth-order valence-electron chi connectivity index (χ4n) is 2.49. The first-order valence-electron chi connectivity index (χ1n) is 6.98. The van der Waals surface area contributed by atoms with Crippen LogP contribution in [0.1, 0.15) is 24.0 Å². The monoisotopic (exact) mass is 292 g/mol. The Morgan fingerprint density at radius 3 is 2.24 bits per heavy atom. The van der Waals surface area contributed by atoms with Crippen molar-refractivity contribution in [1.82, 2.24) is 19.8 Å². The van der Waals surface area contributed by atoms with Crippen LogP contribution in [0.5, 0.6) is 0 Å². The minimum atomic E-state index is -0.254. The summed E-state index contributed by atoms with van der Waals surface area (Å²) in [6.07, 6.45) is 0.0501. The zero-order valence-electron chi connectivity index (χ0n) is 12.6. The average Bonchev–Trinajstić information content (AvgIpc) is 2.42. The van der Waals surface area contributed by atoms with Gasteiger partial charge < -0.3 is 14.8 Å². The van der Waals surface area contributed by atoms with Gasteiger partial charge in [-0.3, -0.25) is 14.4 Å². The van der Waals surface area contributed by atoms with Crippen LogP contribution in [-0.2, 0) is 16.0 Å². The van der Waals surface area contributed by atoms with Crippen molar-refractivity contribution < 1.29 is 9.59 Å². The van der Waals surface area contributed by atoms with E-state index in [0.29, 0.717) is 43.3 Å². The standard InChI is InChI=1S/C14H20N4O3/c1-9-12(14(21)16-10(2)15-9)8-13(20)18-6-4-17(5-7-18)11(3)19/h4-8H2,1-3H3,(H,15,16,21). The maximum absolute atomic E-state index is 12.3. The Morgan fingerprint density at radius 1 is 1.14 bits per heavy atom. The first-order valence-corrected chi connectivity index (χ1v) is 6.98. The van der Waals surface area contributed by atoms with Crippen molar-refractivity contribution >= 4 is 11.8 Å². The molecule has 1 aromatic rings. The second-order valence-electron chi connectivity index (χ2n) is 5.28. The number of H-pyrrole nitrogens is 1. The molecule has 7 heteroatoms. The zero-order chi connectivity index (χ0) is 15.6. The molecule has 2 rings (SSSR count). The molecule has 2 amide bonds. The summed E-state index contributed by atoms with van der Waals surface area (Å²) in [5.41, 5.74) is 0.752. The van der Waals surface area contributed by atoms with E-state index in [1.807, 2.05) is 0 Å². The van der Waals surface area contributed by atoms with Gasteiger partial charge in [0.25, 0.3) is 5.56 Å². The van der Waals surface area contributed by atoms with Crippen LogP contribution in [0.4, 0.5) is 0 Å². The molecule has 1 saturated heterocycles. The molecular weight excluding hydrogens is 272 g/mol. The maximum atomic E-state index is 12.3. The molecule has 0 bridgehead atoms. The van der Waals surface area contributed by atoms with E-state index >= 15 is 0 Å². The predicted octanol–water partition coefficient (Wildman–Crippen LogP) is -0.380. The van der Waals surface area contributed by atoms with Crippen LogP contribution < -0.4 is 5.56 Å². The quantitative estimate of drug-likeness (QED) is 0.805. The average molecular weight is 292 g/mol. The van der Waals surface area contributed by atoms with Crippen LogP contribution in [0.25, 0.3) is 0 Å². The molecule has 1 aliphatic heterocycles. The summed E-state index contributed by atoms with van der Waals surface area (Å²) in [6, 6.07) is 0. The molecule has 1 N–H and O–H groups in total. The number of hydrogen-bond donors (Lipinski definition) is 1. The van der Waals surface area contributed by atoms with Crippen LogP contribution >= 0.6 is 0 Å². The zero-order valence-corrected chi connectivity index (χ0v) is 12.6. The number of hydrogen-bond acceptors (Lipinski definition) is 4. The largest absolute Gasteiger partial charge is 0.339 e. The van der Waals surface area contributed by atoms with E-state index < -0.39 is 0 Å². The topological polar surface area (TPSA) is 86.4 Å². The highest BCUT2D eigenvalue weighted by Gasteiger charge is 2.23. The van der Waals surface area contributed by atoms with Gasteiger partial charge in [-0.1, -0.05) is 0 Å². The van der Waals surface area contributed by atoms with Gasteiger partial charge in [-0.25, -0.2) is 4.98 Å². The lowest BCUT2D eigenvalue weighted by molar-refractivity contribution is -0.138. The molecule has 0 aromatic carbocycles. The van der Waals surface area contributed by atoms with Gasteiger partial charge in [0.1, 0.15) is 5.82 Å². The van der Waals surface area contributed by atoms with Crippen molar-refractivity contribution in [2.45, 2.75) is 27.2 Å². The number of aromatic amines is 1. The van der Waals surface area contributed by atoms with Crippen LogP contribution in [0.15, 0.2) is 4.79 Å². The Morgan fingerprint density at radius 2 is 1.71 bits per heavy atom. The summed E-state index contributed by atoms with van der Waals surface area (Å²) in [5, 5.41) is 0. The van der Waals surface area contributed by atoms with E-state index in [1.165, 1.54) is 6.92 Å². The second kappa shape index (κ2) is 6.07. The number of rotatable bonds is 2. The Kier molecular flexibility index (Phi) is 4.40. The van der Waals surface area contributed by atoms with Gasteiger partial charge >= 0.3 is 0 Å². The third-order valence-electron chi connectivity index (χ3n) is 3.75. The van der Waals surface area contributed by atoms with E-state index in [1.54, 1.807) is 23.6 Å². The van der Waals surface area contributed by atoms with Gasteiger partial charge in [0.15, 0.2) is 0 Å².